The lowest BCUT2D eigenvalue weighted by molar-refractivity contribution is -0.383. The first-order valence-corrected chi connectivity index (χ1v) is 8.85. The molecule has 0 bridgehead atoms. The number of rotatable bonds is 6. The summed E-state index contributed by atoms with van der Waals surface area (Å²) in [4.78, 5) is 25.3. The molecule has 0 radical (unpaired) electrons. The van der Waals surface area contributed by atoms with Gasteiger partial charge in [-0.15, -0.1) is 0 Å². The standard InChI is InChI=1S/C17H23N5O4/c1-10(2)9-11(3)18-17(23)14-5-4-8-21(14)12-6-7-13(22(24)25)16-15(12)19-26-20-16/h6-7,10-11,14H,4-5,8-9H2,1-3H3,(H,18,23)/t11?,14-/m0/s1. The third-order valence-corrected chi connectivity index (χ3v) is 4.65. The van der Waals surface area contributed by atoms with Crippen molar-refractivity contribution in [3.8, 4) is 0 Å². The van der Waals surface area contributed by atoms with Crippen LogP contribution >= 0.6 is 0 Å². The molecular weight excluding hydrogens is 338 g/mol. The highest BCUT2D eigenvalue weighted by Crippen LogP contribution is 2.35. The predicted molar refractivity (Wildman–Crippen MR) is 95.9 cm³/mol. The van der Waals surface area contributed by atoms with E-state index in [9.17, 15) is 14.9 Å². The Morgan fingerprint density at radius 2 is 2.12 bits per heavy atom. The fourth-order valence-corrected chi connectivity index (χ4v) is 3.65. The first-order valence-electron chi connectivity index (χ1n) is 8.85. The van der Waals surface area contributed by atoms with Gasteiger partial charge >= 0.3 is 5.69 Å². The third kappa shape index (κ3) is 3.47. The molecule has 1 aliphatic heterocycles. The van der Waals surface area contributed by atoms with Crippen molar-refractivity contribution in [3.63, 3.8) is 0 Å². The molecule has 1 fully saturated rings. The molecule has 2 heterocycles. The number of aromatic nitrogens is 2. The van der Waals surface area contributed by atoms with E-state index in [2.05, 4.69) is 29.5 Å². The molecule has 9 heteroatoms. The molecule has 0 spiro atoms. The van der Waals surface area contributed by atoms with Crippen LogP contribution in [-0.2, 0) is 4.79 Å². The van der Waals surface area contributed by atoms with Gasteiger partial charge in [-0.1, -0.05) is 13.8 Å². The molecule has 1 saturated heterocycles. The summed E-state index contributed by atoms with van der Waals surface area (Å²) in [6.45, 7) is 6.92. The van der Waals surface area contributed by atoms with Crippen molar-refractivity contribution in [2.45, 2.75) is 52.1 Å². The number of hydrogen-bond acceptors (Lipinski definition) is 7. The zero-order valence-corrected chi connectivity index (χ0v) is 15.1. The number of carbonyl (C=O) groups is 1. The van der Waals surface area contributed by atoms with Crippen LogP contribution in [0.3, 0.4) is 0 Å². The number of benzene rings is 1. The molecule has 1 amide bonds. The molecule has 1 aromatic carbocycles. The molecule has 140 valence electrons. The number of carbonyl (C=O) groups excluding carboxylic acids is 1. The van der Waals surface area contributed by atoms with Crippen LogP contribution < -0.4 is 10.2 Å². The lowest BCUT2D eigenvalue weighted by Gasteiger charge is -2.27. The van der Waals surface area contributed by atoms with Crippen molar-refractivity contribution in [2.24, 2.45) is 5.92 Å². The van der Waals surface area contributed by atoms with Crippen LogP contribution in [0.5, 0.6) is 0 Å². The van der Waals surface area contributed by atoms with E-state index >= 15 is 0 Å². The molecule has 3 rings (SSSR count). The Balaban J connectivity index is 1.86. The number of non-ortho nitro benzene ring substituents is 1. The molecule has 9 nitrogen and oxygen atoms in total. The average molecular weight is 361 g/mol. The average Bonchev–Trinajstić information content (AvgIpc) is 3.22. The van der Waals surface area contributed by atoms with Crippen molar-refractivity contribution in [1.82, 2.24) is 15.6 Å². The molecule has 1 aromatic heterocycles. The maximum atomic E-state index is 12.8. The predicted octanol–water partition coefficient (Wildman–Crippen LogP) is 2.65. The third-order valence-electron chi connectivity index (χ3n) is 4.65. The number of nitrogens with one attached hydrogen (secondary N) is 1. The van der Waals surface area contributed by atoms with Crippen LogP contribution in [0.15, 0.2) is 16.8 Å². The number of nitro benzene ring substituents is 1. The molecule has 1 aliphatic rings. The maximum Gasteiger partial charge on any atom is 0.300 e. The Labute approximate surface area is 150 Å². The second-order valence-electron chi connectivity index (χ2n) is 7.21. The molecule has 1 N–H and O–H groups in total. The lowest BCUT2D eigenvalue weighted by atomic mass is 10.0. The fraction of sp³-hybridized carbons (Fsp3) is 0.588. The van der Waals surface area contributed by atoms with Gasteiger partial charge in [-0.05, 0) is 48.5 Å². The van der Waals surface area contributed by atoms with E-state index in [0.717, 1.165) is 19.3 Å². The van der Waals surface area contributed by atoms with Crippen molar-refractivity contribution in [2.75, 3.05) is 11.4 Å². The first kappa shape index (κ1) is 18.1. The van der Waals surface area contributed by atoms with E-state index in [0.29, 0.717) is 23.7 Å². The SMILES string of the molecule is CC(C)CC(C)NC(=O)[C@@H]1CCCN1c1ccc([N+](=O)[O-])c2nonc12. The van der Waals surface area contributed by atoms with Gasteiger partial charge in [0.05, 0.1) is 10.6 Å². The number of amides is 1. The van der Waals surface area contributed by atoms with E-state index in [4.69, 9.17) is 4.63 Å². The minimum absolute atomic E-state index is 0.0291. The van der Waals surface area contributed by atoms with Crippen LogP contribution in [0.2, 0.25) is 0 Å². The summed E-state index contributed by atoms with van der Waals surface area (Å²) in [6.07, 6.45) is 2.50. The van der Waals surface area contributed by atoms with Gasteiger partial charge < -0.3 is 10.2 Å². The summed E-state index contributed by atoms with van der Waals surface area (Å²) in [5, 5.41) is 21.7. The smallest absolute Gasteiger partial charge is 0.300 e. The molecule has 26 heavy (non-hydrogen) atoms. The second kappa shape index (κ2) is 7.27. The van der Waals surface area contributed by atoms with Crippen molar-refractivity contribution >= 4 is 28.3 Å². The van der Waals surface area contributed by atoms with Crippen LogP contribution in [0.4, 0.5) is 11.4 Å². The van der Waals surface area contributed by atoms with Crippen molar-refractivity contribution in [1.29, 1.82) is 0 Å². The van der Waals surface area contributed by atoms with E-state index in [1.807, 2.05) is 11.8 Å². The van der Waals surface area contributed by atoms with Gasteiger partial charge in [0.15, 0.2) is 5.52 Å². The first-order chi connectivity index (χ1) is 12.4. The highest BCUT2D eigenvalue weighted by Gasteiger charge is 2.34. The van der Waals surface area contributed by atoms with Gasteiger partial charge in [0.25, 0.3) is 0 Å². The molecule has 1 unspecified atom stereocenters. The Hall–Kier alpha value is -2.71. The van der Waals surface area contributed by atoms with E-state index in [1.165, 1.54) is 6.07 Å². The van der Waals surface area contributed by atoms with E-state index in [-0.39, 0.29) is 29.2 Å². The summed E-state index contributed by atoms with van der Waals surface area (Å²) < 4.78 is 4.73. The minimum Gasteiger partial charge on any atom is -0.358 e. The number of nitrogens with zero attached hydrogens (tertiary/aromatic N) is 4. The highest BCUT2D eigenvalue weighted by atomic mass is 16.6. The summed E-state index contributed by atoms with van der Waals surface area (Å²) in [5.41, 5.74) is 0.901. The summed E-state index contributed by atoms with van der Waals surface area (Å²) >= 11 is 0. The van der Waals surface area contributed by atoms with Gasteiger partial charge in [0, 0.05) is 18.7 Å². The second-order valence-corrected chi connectivity index (χ2v) is 7.21. The zero-order valence-electron chi connectivity index (χ0n) is 15.1. The minimum atomic E-state index is -0.516. The largest absolute Gasteiger partial charge is 0.358 e. The normalized spacial score (nSPS) is 18.5. The van der Waals surface area contributed by atoms with Gasteiger partial charge in [0.1, 0.15) is 6.04 Å². The lowest BCUT2D eigenvalue weighted by Crippen LogP contribution is -2.46. The quantitative estimate of drug-likeness (QED) is 0.621. The molecular formula is C17H23N5O4. The number of hydrogen-bond donors (Lipinski definition) is 1. The number of nitro groups is 1. The fourth-order valence-electron chi connectivity index (χ4n) is 3.65. The molecule has 0 saturated carbocycles. The highest BCUT2D eigenvalue weighted by molar-refractivity contribution is 5.96. The summed E-state index contributed by atoms with van der Waals surface area (Å²) in [6, 6.07) is 2.77. The van der Waals surface area contributed by atoms with Gasteiger partial charge in [-0.3, -0.25) is 14.9 Å². The van der Waals surface area contributed by atoms with Crippen LogP contribution in [0.1, 0.15) is 40.0 Å². The summed E-state index contributed by atoms with van der Waals surface area (Å²) in [5.74, 6) is 0.471. The maximum absolute atomic E-state index is 12.8. The van der Waals surface area contributed by atoms with E-state index in [1.54, 1.807) is 6.07 Å². The van der Waals surface area contributed by atoms with Gasteiger partial charge in [-0.2, -0.15) is 0 Å². The van der Waals surface area contributed by atoms with Gasteiger partial charge in [-0.25, -0.2) is 4.63 Å². The van der Waals surface area contributed by atoms with Crippen LogP contribution in [-0.4, -0.2) is 39.8 Å². The topological polar surface area (TPSA) is 114 Å². The molecule has 2 aromatic rings. The molecule has 0 aliphatic carbocycles. The monoisotopic (exact) mass is 361 g/mol. The Morgan fingerprint density at radius 3 is 2.81 bits per heavy atom. The van der Waals surface area contributed by atoms with Crippen molar-refractivity contribution in [3.05, 3.63) is 22.2 Å². The number of anilines is 1. The molecule has 2 atom stereocenters. The van der Waals surface area contributed by atoms with E-state index < -0.39 is 4.92 Å². The Morgan fingerprint density at radius 1 is 1.38 bits per heavy atom. The van der Waals surface area contributed by atoms with Crippen LogP contribution in [0, 0.1) is 16.0 Å². The summed E-state index contributed by atoms with van der Waals surface area (Å²) in [7, 11) is 0. The van der Waals surface area contributed by atoms with Crippen LogP contribution in [0.25, 0.3) is 11.0 Å². The van der Waals surface area contributed by atoms with Gasteiger partial charge in [0.2, 0.25) is 11.4 Å². The zero-order chi connectivity index (χ0) is 18.8. The number of fused-ring (bicyclic) bond motifs is 1. The Kier molecular flexibility index (Phi) is 5.06. The Bertz CT molecular complexity index is 819. The van der Waals surface area contributed by atoms with Crippen molar-refractivity contribution < 1.29 is 14.3 Å².